The van der Waals surface area contributed by atoms with Crippen molar-refractivity contribution in [2.75, 3.05) is 0 Å². The first-order valence-corrected chi connectivity index (χ1v) is 6.98. The number of aromatic nitrogens is 4. The molecule has 0 fully saturated rings. The predicted octanol–water partition coefficient (Wildman–Crippen LogP) is 0.547. The van der Waals surface area contributed by atoms with Crippen LogP contribution < -0.4 is 5.56 Å². The fourth-order valence-electron chi connectivity index (χ4n) is 2.35. The van der Waals surface area contributed by atoms with Crippen LogP contribution in [0.4, 0.5) is 5.69 Å². The summed E-state index contributed by atoms with van der Waals surface area (Å²) in [5, 5.41) is 29.1. The third-order valence-corrected chi connectivity index (χ3v) is 3.43. The number of aromatic amines is 2. The molecule has 2 heterocycles. The second-order valence-corrected chi connectivity index (χ2v) is 5.17. The quantitative estimate of drug-likeness (QED) is 0.371. The van der Waals surface area contributed by atoms with Gasteiger partial charge < -0.3 is 20.2 Å². The van der Waals surface area contributed by atoms with Gasteiger partial charge in [0, 0.05) is 12.3 Å². The number of rotatable bonds is 5. The summed E-state index contributed by atoms with van der Waals surface area (Å²) in [5.41, 5.74) is -2.07. The molecule has 0 radical (unpaired) electrons. The highest BCUT2D eigenvalue weighted by Crippen LogP contribution is 2.31. The molecule has 1 aromatic carbocycles. The maximum Gasteiger partial charge on any atom is 0.360 e. The smallest absolute Gasteiger partial charge is 0.360 e. The summed E-state index contributed by atoms with van der Waals surface area (Å²) in [6.45, 7) is 0. The van der Waals surface area contributed by atoms with E-state index < -0.39 is 33.8 Å². The largest absolute Gasteiger partial charge is 0.481 e. The van der Waals surface area contributed by atoms with Gasteiger partial charge in [0.05, 0.1) is 33.6 Å². The summed E-state index contributed by atoms with van der Waals surface area (Å²) in [4.78, 5) is 56.7. The van der Waals surface area contributed by atoms with Crippen LogP contribution in [0, 0.1) is 10.1 Å². The van der Waals surface area contributed by atoms with Crippen LogP contribution in [0.25, 0.3) is 22.4 Å². The van der Waals surface area contributed by atoms with Gasteiger partial charge in [-0.15, -0.1) is 0 Å². The van der Waals surface area contributed by atoms with Crippen LogP contribution in [-0.2, 0) is 11.2 Å². The third kappa shape index (κ3) is 2.98. The highest BCUT2D eigenvalue weighted by atomic mass is 16.6. The van der Waals surface area contributed by atoms with Crippen molar-refractivity contribution in [2.24, 2.45) is 0 Å². The SMILES string of the molecule is O=C(O)Cc1c[nH]c(-c2cc3nc(C(=O)O)c(=O)[nH]c3cc2[N+](=O)[O-])n1. The zero-order chi connectivity index (χ0) is 19.0. The Kier molecular flexibility index (Phi) is 3.92. The Bertz CT molecular complexity index is 1130. The van der Waals surface area contributed by atoms with Crippen LogP contribution in [0.2, 0.25) is 0 Å². The Balaban J connectivity index is 2.24. The van der Waals surface area contributed by atoms with Crippen LogP contribution in [0.3, 0.4) is 0 Å². The van der Waals surface area contributed by atoms with E-state index in [0.717, 1.165) is 6.07 Å². The minimum Gasteiger partial charge on any atom is -0.481 e. The summed E-state index contributed by atoms with van der Waals surface area (Å²) in [5.74, 6) is -2.66. The molecule has 12 heteroatoms. The van der Waals surface area contributed by atoms with Crippen LogP contribution in [0.1, 0.15) is 16.2 Å². The van der Waals surface area contributed by atoms with Gasteiger partial charge in [0.15, 0.2) is 0 Å². The van der Waals surface area contributed by atoms with Gasteiger partial charge in [-0.2, -0.15) is 0 Å². The van der Waals surface area contributed by atoms with Gasteiger partial charge in [-0.25, -0.2) is 14.8 Å². The first kappa shape index (κ1) is 16.8. The van der Waals surface area contributed by atoms with Crippen molar-refractivity contribution in [1.29, 1.82) is 0 Å². The lowest BCUT2D eigenvalue weighted by Crippen LogP contribution is -2.19. The topological polar surface area (TPSA) is 192 Å². The van der Waals surface area contributed by atoms with Crippen LogP contribution >= 0.6 is 0 Å². The Morgan fingerprint density at radius 3 is 2.58 bits per heavy atom. The number of H-pyrrole nitrogens is 2. The molecule has 0 atom stereocenters. The number of benzene rings is 1. The second kappa shape index (κ2) is 6.08. The standard InChI is InChI=1S/C14H9N5O7/c20-10(21)1-5-4-15-12(16-5)6-2-7-8(3-9(6)19(25)26)18-13(22)11(17-7)14(23)24/h2-4H,1H2,(H,15,16)(H,18,22)(H,20,21)(H,23,24). The molecule has 0 bridgehead atoms. The lowest BCUT2D eigenvalue weighted by Gasteiger charge is -2.04. The Labute approximate surface area is 142 Å². The maximum atomic E-state index is 11.7. The summed E-state index contributed by atoms with van der Waals surface area (Å²) >= 11 is 0. The Hall–Kier alpha value is -4.09. The number of aromatic carboxylic acids is 1. The molecule has 4 N–H and O–H groups in total. The van der Waals surface area contributed by atoms with Gasteiger partial charge in [0.1, 0.15) is 5.82 Å². The number of nitro groups is 1. The van der Waals surface area contributed by atoms with Gasteiger partial charge in [-0.05, 0) is 6.07 Å². The number of carbonyl (C=O) groups is 2. The average molecular weight is 359 g/mol. The molecule has 0 amide bonds. The van der Waals surface area contributed by atoms with Crippen molar-refractivity contribution < 1.29 is 24.7 Å². The van der Waals surface area contributed by atoms with Gasteiger partial charge in [0.25, 0.3) is 11.2 Å². The van der Waals surface area contributed by atoms with Gasteiger partial charge in [-0.1, -0.05) is 0 Å². The fourth-order valence-corrected chi connectivity index (χ4v) is 2.35. The first-order valence-electron chi connectivity index (χ1n) is 6.98. The molecule has 0 aliphatic rings. The van der Waals surface area contributed by atoms with Crippen molar-refractivity contribution >= 4 is 28.7 Å². The van der Waals surface area contributed by atoms with Crippen LogP contribution in [0.15, 0.2) is 23.1 Å². The average Bonchev–Trinajstić information content (AvgIpc) is 3.00. The molecule has 2 aromatic heterocycles. The molecular formula is C14H9N5O7. The Morgan fingerprint density at radius 1 is 1.23 bits per heavy atom. The zero-order valence-corrected chi connectivity index (χ0v) is 12.7. The molecule has 132 valence electrons. The second-order valence-electron chi connectivity index (χ2n) is 5.17. The number of hydrogen-bond donors (Lipinski definition) is 4. The molecule has 3 rings (SSSR count). The number of nitrogens with zero attached hydrogens (tertiary/aromatic N) is 3. The van der Waals surface area contributed by atoms with Crippen molar-refractivity contribution in [2.45, 2.75) is 6.42 Å². The minimum absolute atomic E-state index is 0.00113. The molecular weight excluding hydrogens is 350 g/mol. The number of aliphatic carboxylic acids is 1. The number of hydrogen-bond acceptors (Lipinski definition) is 7. The maximum absolute atomic E-state index is 11.7. The van der Waals surface area contributed by atoms with Crippen molar-refractivity contribution in [3.8, 4) is 11.4 Å². The van der Waals surface area contributed by atoms with E-state index >= 15 is 0 Å². The van der Waals surface area contributed by atoms with E-state index in [0.29, 0.717) is 0 Å². The van der Waals surface area contributed by atoms with Gasteiger partial charge in [-0.3, -0.25) is 19.7 Å². The molecule has 0 aliphatic carbocycles. The molecule has 0 aliphatic heterocycles. The van der Waals surface area contributed by atoms with Gasteiger partial charge in [0.2, 0.25) is 5.69 Å². The molecule has 12 nitrogen and oxygen atoms in total. The Morgan fingerprint density at radius 2 is 1.96 bits per heavy atom. The zero-order valence-electron chi connectivity index (χ0n) is 12.7. The number of nitro benzene ring substituents is 1. The van der Waals surface area contributed by atoms with E-state index in [4.69, 9.17) is 10.2 Å². The van der Waals surface area contributed by atoms with Crippen molar-refractivity contribution in [1.82, 2.24) is 19.9 Å². The lowest BCUT2D eigenvalue weighted by molar-refractivity contribution is -0.384. The number of carboxylic acid groups (broad SMARTS) is 2. The monoisotopic (exact) mass is 359 g/mol. The highest BCUT2D eigenvalue weighted by molar-refractivity contribution is 5.90. The normalized spacial score (nSPS) is 10.8. The van der Waals surface area contributed by atoms with E-state index in [-0.39, 0.29) is 34.5 Å². The molecule has 3 aromatic rings. The molecule has 0 saturated heterocycles. The van der Waals surface area contributed by atoms with E-state index in [1.165, 1.54) is 12.3 Å². The van der Waals surface area contributed by atoms with E-state index in [9.17, 15) is 24.5 Å². The van der Waals surface area contributed by atoms with Crippen molar-refractivity contribution in [3.05, 3.63) is 50.2 Å². The molecule has 0 unspecified atom stereocenters. The molecule has 0 saturated carbocycles. The summed E-state index contributed by atoms with van der Waals surface area (Å²) in [6, 6.07) is 2.23. The van der Waals surface area contributed by atoms with Gasteiger partial charge >= 0.3 is 11.9 Å². The van der Waals surface area contributed by atoms with Crippen molar-refractivity contribution in [3.63, 3.8) is 0 Å². The first-order chi connectivity index (χ1) is 12.3. The predicted molar refractivity (Wildman–Crippen MR) is 84.9 cm³/mol. The number of nitrogens with one attached hydrogen (secondary N) is 2. The van der Waals surface area contributed by atoms with Crippen LogP contribution in [-0.4, -0.2) is 47.0 Å². The highest BCUT2D eigenvalue weighted by Gasteiger charge is 2.22. The lowest BCUT2D eigenvalue weighted by atomic mass is 10.1. The van der Waals surface area contributed by atoms with E-state index in [1.807, 2.05) is 0 Å². The fraction of sp³-hybridized carbons (Fsp3) is 0.0714. The molecule has 26 heavy (non-hydrogen) atoms. The minimum atomic E-state index is -1.55. The summed E-state index contributed by atoms with van der Waals surface area (Å²) < 4.78 is 0. The number of fused-ring (bicyclic) bond motifs is 1. The number of carboxylic acids is 2. The summed E-state index contributed by atoms with van der Waals surface area (Å²) in [6.07, 6.45) is 0.910. The summed E-state index contributed by atoms with van der Waals surface area (Å²) in [7, 11) is 0. The van der Waals surface area contributed by atoms with E-state index in [2.05, 4.69) is 19.9 Å². The number of imidazole rings is 1. The third-order valence-electron chi connectivity index (χ3n) is 3.43. The van der Waals surface area contributed by atoms with Crippen LogP contribution in [0.5, 0.6) is 0 Å². The molecule has 0 spiro atoms. The van der Waals surface area contributed by atoms with E-state index in [1.54, 1.807) is 0 Å².